The van der Waals surface area contributed by atoms with Crippen molar-refractivity contribution in [3.05, 3.63) is 48.0 Å². The second kappa shape index (κ2) is 5.96. The number of rotatable bonds is 2. The number of aryl methyl sites for hydroxylation is 1. The maximum atomic E-state index is 11.8. The SMILES string of the molecule is Cc1ccc(N)c(NC(=O)C(=O)Nc2cccc(O)c2)c1. The van der Waals surface area contributed by atoms with Crippen LogP contribution in [0.4, 0.5) is 17.1 Å². The standard InChI is InChI=1S/C15H15N3O3/c1-9-5-6-12(16)13(7-9)18-15(21)14(20)17-10-3-2-4-11(19)8-10/h2-8,19H,16H2,1H3,(H,17,20)(H,18,21). The van der Waals surface area contributed by atoms with Gasteiger partial charge in [0.25, 0.3) is 0 Å². The highest BCUT2D eigenvalue weighted by atomic mass is 16.3. The lowest BCUT2D eigenvalue weighted by atomic mass is 10.2. The summed E-state index contributed by atoms with van der Waals surface area (Å²) in [7, 11) is 0. The minimum atomic E-state index is -0.846. The molecule has 5 N–H and O–H groups in total. The lowest BCUT2D eigenvalue weighted by Crippen LogP contribution is -2.29. The van der Waals surface area contributed by atoms with E-state index in [-0.39, 0.29) is 5.75 Å². The van der Waals surface area contributed by atoms with Gasteiger partial charge in [-0.2, -0.15) is 0 Å². The van der Waals surface area contributed by atoms with Crippen molar-refractivity contribution >= 4 is 28.9 Å². The summed E-state index contributed by atoms with van der Waals surface area (Å²) in [5.41, 5.74) is 7.72. The summed E-state index contributed by atoms with van der Waals surface area (Å²) in [6, 6.07) is 11.0. The molecule has 0 aliphatic rings. The van der Waals surface area contributed by atoms with Gasteiger partial charge in [-0.1, -0.05) is 12.1 Å². The molecule has 2 aromatic carbocycles. The lowest BCUT2D eigenvalue weighted by Gasteiger charge is -2.09. The van der Waals surface area contributed by atoms with Crippen LogP contribution in [-0.2, 0) is 9.59 Å². The summed E-state index contributed by atoms with van der Waals surface area (Å²) in [6.07, 6.45) is 0. The first-order valence-electron chi connectivity index (χ1n) is 6.23. The van der Waals surface area contributed by atoms with Gasteiger partial charge in [0, 0.05) is 11.8 Å². The molecule has 6 nitrogen and oxygen atoms in total. The third-order valence-electron chi connectivity index (χ3n) is 2.77. The number of nitrogen functional groups attached to an aromatic ring is 1. The third-order valence-corrected chi connectivity index (χ3v) is 2.77. The second-order valence-electron chi connectivity index (χ2n) is 4.55. The Morgan fingerprint density at radius 2 is 1.76 bits per heavy atom. The monoisotopic (exact) mass is 285 g/mol. The van der Waals surface area contributed by atoms with Gasteiger partial charge in [-0.15, -0.1) is 0 Å². The fourth-order valence-electron chi connectivity index (χ4n) is 1.73. The van der Waals surface area contributed by atoms with Crippen LogP contribution in [0.3, 0.4) is 0 Å². The van der Waals surface area contributed by atoms with E-state index in [0.717, 1.165) is 5.56 Å². The van der Waals surface area contributed by atoms with E-state index in [4.69, 9.17) is 5.73 Å². The fraction of sp³-hybridized carbons (Fsp3) is 0.0667. The quantitative estimate of drug-likeness (QED) is 0.499. The molecule has 0 heterocycles. The minimum Gasteiger partial charge on any atom is -0.508 e. The van der Waals surface area contributed by atoms with Gasteiger partial charge in [0.05, 0.1) is 11.4 Å². The van der Waals surface area contributed by atoms with Crippen molar-refractivity contribution in [1.29, 1.82) is 0 Å². The van der Waals surface area contributed by atoms with E-state index in [1.165, 1.54) is 12.1 Å². The van der Waals surface area contributed by atoms with E-state index in [9.17, 15) is 14.7 Å². The molecule has 0 bridgehead atoms. The van der Waals surface area contributed by atoms with Crippen molar-refractivity contribution in [2.24, 2.45) is 0 Å². The number of nitrogens with two attached hydrogens (primary N) is 1. The van der Waals surface area contributed by atoms with Crippen molar-refractivity contribution in [2.45, 2.75) is 6.92 Å². The molecule has 0 aromatic heterocycles. The number of carbonyl (C=O) groups is 2. The first kappa shape index (κ1) is 14.4. The number of carbonyl (C=O) groups excluding carboxylic acids is 2. The molecule has 2 amide bonds. The first-order chi connectivity index (χ1) is 9.95. The largest absolute Gasteiger partial charge is 0.508 e. The molecular formula is C15H15N3O3. The highest BCUT2D eigenvalue weighted by Gasteiger charge is 2.15. The molecule has 0 fully saturated rings. The summed E-state index contributed by atoms with van der Waals surface area (Å²) < 4.78 is 0. The van der Waals surface area contributed by atoms with Gasteiger partial charge in [0.2, 0.25) is 0 Å². The van der Waals surface area contributed by atoms with E-state index in [2.05, 4.69) is 10.6 Å². The highest BCUT2D eigenvalue weighted by Crippen LogP contribution is 2.20. The van der Waals surface area contributed by atoms with Crippen LogP contribution in [0.5, 0.6) is 5.75 Å². The van der Waals surface area contributed by atoms with Gasteiger partial charge in [-0.25, -0.2) is 0 Å². The molecular weight excluding hydrogens is 270 g/mol. The number of phenols is 1. The molecule has 108 valence electrons. The van der Waals surface area contributed by atoms with Crippen LogP contribution < -0.4 is 16.4 Å². The predicted molar refractivity (Wildman–Crippen MR) is 81.0 cm³/mol. The van der Waals surface area contributed by atoms with Crippen LogP contribution in [0.1, 0.15) is 5.56 Å². The average Bonchev–Trinajstić information content (AvgIpc) is 2.43. The first-order valence-corrected chi connectivity index (χ1v) is 6.23. The maximum absolute atomic E-state index is 11.8. The number of benzene rings is 2. The van der Waals surface area contributed by atoms with E-state index in [1.807, 2.05) is 6.92 Å². The Balaban J connectivity index is 2.06. The van der Waals surface area contributed by atoms with Gasteiger partial charge in [-0.3, -0.25) is 9.59 Å². The van der Waals surface area contributed by atoms with Crippen molar-refractivity contribution in [1.82, 2.24) is 0 Å². The van der Waals surface area contributed by atoms with E-state index >= 15 is 0 Å². The normalized spacial score (nSPS) is 9.95. The number of amides is 2. The van der Waals surface area contributed by atoms with Crippen LogP contribution in [0.2, 0.25) is 0 Å². The second-order valence-corrected chi connectivity index (χ2v) is 4.55. The van der Waals surface area contributed by atoms with Crippen molar-refractivity contribution in [3.63, 3.8) is 0 Å². The molecule has 2 rings (SSSR count). The molecule has 0 radical (unpaired) electrons. The number of phenolic OH excluding ortho intramolecular Hbond substituents is 1. The molecule has 0 aliphatic heterocycles. The van der Waals surface area contributed by atoms with Crippen LogP contribution in [0, 0.1) is 6.92 Å². The summed E-state index contributed by atoms with van der Waals surface area (Å²) in [6.45, 7) is 1.85. The van der Waals surface area contributed by atoms with Gasteiger partial charge in [0.1, 0.15) is 5.75 Å². The van der Waals surface area contributed by atoms with Gasteiger partial charge < -0.3 is 21.5 Å². The number of aromatic hydroxyl groups is 1. The topological polar surface area (TPSA) is 104 Å². The van der Waals surface area contributed by atoms with Crippen LogP contribution >= 0.6 is 0 Å². The Morgan fingerprint density at radius 3 is 2.48 bits per heavy atom. The Labute approximate surface area is 121 Å². The van der Waals surface area contributed by atoms with E-state index in [1.54, 1.807) is 30.3 Å². The zero-order valence-electron chi connectivity index (χ0n) is 11.4. The zero-order valence-corrected chi connectivity index (χ0v) is 11.4. The smallest absolute Gasteiger partial charge is 0.314 e. The fourth-order valence-corrected chi connectivity index (χ4v) is 1.73. The van der Waals surface area contributed by atoms with Crippen LogP contribution in [0.15, 0.2) is 42.5 Å². The predicted octanol–water partition coefficient (Wildman–Crippen LogP) is 1.86. The van der Waals surface area contributed by atoms with Crippen molar-refractivity contribution < 1.29 is 14.7 Å². The lowest BCUT2D eigenvalue weighted by molar-refractivity contribution is -0.132. The molecule has 0 spiro atoms. The molecule has 2 aromatic rings. The van der Waals surface area contributed by atoms with Crippen LogP contribution in [0.25, 0.3) is 0 Å². The third kappa shape index (κ3) is 3.73. The van der Waals surface area contributed by atoms with Crippen molar-refractivity contribution in [2.75, 3.05) is 16.4 Å². The molecule has 0 atom stereocenters. The van der Waals surface area contributed by atoms with E-state index in [0.29, 0.717) is 17.1 Å². The Bertz CT molecular complexity index is 698. The Morgan fingerprint density at radius 1 is 1.05 bits per heavy atom. The summed E-state index contributed by atoms with van der Waals surface area (Å²) >= 11 is 0. The van der Waals surface area contributed by atoms with Gasteiger partial charge in [-0.05, 0) is 36.8 Å². The molecule has 21 heavy (non-hydrogen) atoms. The number of hydrogen-bond acceptors (Lipinski definition) is 4. The van der Waals surface area contributed by atoms with E-state index < -0.39 is 11.8 Å². The van der Waals surface area contributed by atoms with Crippen LogP contribution in [-0.4, -0.2) is 16.9 Å². The molecule has 0 saturated heterocycles. The van der Waals surface area contributed by atoms with Gasteiger partial charge >= 0.3 is 11.8 Å². The highest BCUT2D eigenvalue weighted by molar-refractivity contribution is 6.43. The summed E-state index contributed by atoms with van der Waals surface area (Å²) in [4.78, 5) is 23.6. The summed E-state index contributed by atoms with van der Waals surface area (Å²) in [5.74, 6) is -1.69. The molecule has 0 saturated carbocycles. The molecule has 0 aliphatic carbocycles. The average molecular weight is 285 g/mol. The molecule has 6 heteroatoms. The number of nitrogens with one attached hydrogen (secondary N) is 2. The van der Waals surface area contributed by atoms with Gasteiger partial charge in [0.15, 0.2) is 0 Å². The molecule has 0 unspecified atom stereocenters. The number of hydrogen-bond donors (Lipinski definition) is 4. The Kier molecular flexibility index (Phi) is 4.08. The number of anilines is 3. The summed E-state index contributed by atoms with van der Waals surface area (Å²) in [5, 5.41) is 14.1. The Hall–Kier alpha value is -3.02. The van der Waals surface area contributed by atoms with Crippen molar-refractivity contribution in [3.8, 4) is 5.75 Å². The zero-order chi connectivity index (χ0) is 15.4. The minimum absolute atomic E-state index is 0.00358. The maximum Gasteiger partial charge on any atom is 0.314 e.